The lowest BCUT2D eigenvalue weighted by Crippen LogP contribution is -2.18. The van der Waals surface area contributed by atoms with Crippen molar-refractivity contribution in [2.24, 2.45) is 0 Å². The first kappa shape index (κ1) is 23.2. The van der Waals surface area contributed by atoms with Crippen molar-refractivity contribution in [1.29, 1.82) is 0 Å². The predicted octanol–water partition coefficient (Wildman–Crippen LogP) is 3.75. The van der Waals surface area contributed by atoms with E-state index in [1.807, 2.05) is 52.0 Å². The van der Waals surface area contributed by atoms with Crippen molar-refractivity contribution in [2.75, 3.05) is 16.4 Å². The van der Waals surface area contributed by atoms with Crippen molar-refractivity contribution < 1.29 is 9.59 Å². The number of aromatic nitrogens is 3. The third kappa shape index (κ3) is 5.61. The van der Waals surface area contributed by atoms with Crippen molar-refractivity contribution in [2.45, 2.75) is 39.8 Å². The molecule has 3 aromatic rings. The molecule has 0 aliphatic heterocycles. The molecule has 32 heavy (non-hydrogen) atoms. The molecule has 0 aliphatic rings. The minimum absolute atomic E-state index is 0.0670. The van der Waals surface area contributed by atoms with Crippen LogP contribution in [-0.2, 0) is 9.59 Å². The Morgan fingerprint density at radius 2 is 1.72 bits per heavy atom. The molecule has 0 aliphatic carbocycles. The van der Waals surface area contributed by atoms with Crippen molar-refractivity contribution in [3.63, 3.8) is 0 Å². The number of hydrogen-bond donors (Lipinski definition) is 3. The second-order valence-electron chi connectivity index (χ2n) is 7.63. The van der Waals surface area contributed by atoms with E-state index in [9.17, 15) is 14.4 Å². The first-order chi connectivity index (χ1) is 15.1. The minimum atomic E-state index is -0.450. The van der Waals surface area contributed by atoms with Gasteiger partial charge in [0.25, 0.3) is 5.56 Å². The number of anilines is 2. The van der Waals surface area contributed by atoms with Crippen LogP contribution >= 0.6 is 11.8 Å². The van der Waals surface area contributed by atoms with Crippen LogP contribution in [0.4, 0.5) is 11.4 Å². The molecule has 3 N–H and O–H groups in total. The number of H-pyrrole nitrogens is 1. The molecule has 0 saturated heterocycles. The lowest BCUT2D eigenvalue weighted by atomic mass is 10.0. The molecule has 8 nitrogen and oxygen atoms in total. The first-order valence-electron chi connectivity index (χ1n) is 10.00. The Morgan fingerprint density at radius 3 is 2.38 bits per heavy atom. The summed E-state index contributed by atoms with van der Waals surface area (Å²) in [4.78, 5) is 39.3. The van der Waals surface area contributed by atoms with Gasteiger partial charge in [-0.2, -0.15) is 0 Å². The van der Waals surface area contributed by atoms with Gasteiger partial charge in [0.1, 0.15) is 0 Å². The van der Waals surface area contributed by atoms with E-state index >= 15 is 0 Å². The Morgan fingerprint density at radius 1 is 0.969 bits per heavy atom. The van der Waals surface area contributed by atoms with Crippen LogP contribution in [0, 0.1) is 27.7 Å². The van der Waals surface area contributed by atoms with Crippen LogP contribution in [0.15, 0.2) is 40.3 Å². The van der Waals surface area contributed by atoms with Crippen LogP contribution in [0.5, 0.6) is 0 Å². The lowest BCUT2D eigenvalue weighted by molar-refractivity contribution is -0.114. The normalized spacial score (nSPS) is 10.7. The molecule has 1 aromatic heterocycles. The molecule has 0 bridgehead atoms. The highest BCUT2D eigenvalue weighted by Crippen LogP contribution is 2.29. The van der Waals surface area contributed by atoms with E-state index in [2.05, 4.69) is 25.8 Å². The summed E-state index contributed by atoms with van der Waals surface area (Å²) in [6.07, 6.45) is 0. The average Bonchev–Trinajstić information content (AvgIpc) is 2.71. The van der Waals surface area contributed by atoms with Gasteiger partial charge in [-0.15, -0.1) is 10.2 Å². The van der Waals surface area contributed by atoms with Crippen LogP contribution in [-0.4, -0.2) is 32.7 Å². The van der Waals surface area contributed by atoms with Gasteiger partial charge in [-0.05, 0) is 62.6 Å². The quantitative estimate of drug-likeness (QED) is 0.492. The van der Waals surface area contributed by atoms with Crippen LogP contribution in [0.2, 0.25) is 0 Å². The molecule has 166 valence electrons. The van der Waals surface area contributed by atoms with Crippen molar-refractivity contribution in [1.82, 2.24) is 15.2 Å². The molecule has 2 aromatic carbocycles. The maximum atomic E-state index is 12.7. The van der Waals surface area contributed by atoms with E-state index in [1.165, 1.54) is 6.92 Å². The van der Waals surface area contributed by atoms with E-state index in [0.717, 1.165) is 34.0 Å². The molecular weight excluding hydrogens is 426 g/mol. The summed E-state index contributed by atoms with van der Waals surface area (Å²) >= 11 is 1.08. The maximum Gasteiger partial charge on any atom is 0.278 e. The second-order valence-corrected chi connectivity index (χ2v) is 8.59. The lowest BCUT2D eigenvalue weighted by Gasteiger charge is -2.13. The molecule has 0 radical (unpaired) electrons. The highest BCUT2D eigenvalue weighted by molar-refractivity contribution is 7.99. The molecule has 0 unspecified atom stereocenters. The van der Waals surface area contributed by atoms with Gasteiger partial charge >= 0.3 is 0 Å². The summed E-state index contributed by atoms with van der Waals surface area (Å²) in [5.41, 5.74) is 5.37. The summed E-state index contributed by atoms with van der Waals surface area (Å²) in [7, 11) is 0. The van der Waals surface area contributed by atoms with E-state index < -0.39 is 5.56 Å². The van der Waals surface area contributed by atoms with Crippen molar-refractivity contribution in [3.05, 3.63) is 62.9 Å². The van der Waals surface area contributed by atoms with Gasteiger partial charge in [0.15, 0.2) is 10.9 Å². The van der Waals surface area contributed by atoms with Crippen molar-refractivity contribution in [3.8, 4) is 11.3 Å². The monoisotopic (exact) mass is 451 g/mol. The third-order valence-corrected chi connectivity index (χ3v) is 5.71. The molecular formula is C23H25N5O3S. The zero-order valence-electron chi connectivity index (χ0n) is 18.6. The Kier molecular flexibility index (Phi) is 7.09. The summed E-state index contributed by atoms with van der Waals surface area (Å²) in [5.74, 6) is -0.394. The summed E-state index contributed by atoms with van der Waals surface area (Å²) in [6, 6.07) is 9.39. The van der Waals surface area contributed by atoms with Crippen LogP contribution in [0.3, 0.4) is 0 Å². The van der Waals surface area contributed by atoms with Gasteiger partial charge in [0, 0.05) is 18.2 Å². The van der Waals surface area contributed by atoms with E-state index in [0.29, 0.717) is 16.9 Å². The fourth-order valence-electron chi connectivity index (χ4n) is 3.21. The van der Waals surface area contributed by atoms with Gasteiger partial charge < -0.3 is 10.6 Å². The zero-order chi connectivity index (χ0) is 23.4. The molecule has 9 heteroatoms. The Labute approximate surface area is 190 Å². The Hall–Kier alpha value is -3.46. The number of amides is 2. The number of carbonyl (C=O) groups excluding carboxylic acids is 2. The number of thioether (sulfide) groups is 1. The first-order valence-corrected chi connectivity index (χ1v) is 11.0. The Balaban J connectivity index is 1.76. The van der Waals surface area contributed by atoms with Gasteiger partial charge in [0.05, 0.1) is 11.4 Å². The van der Waals surface area contributed by atoms with Crippen LogP contribution in [0.25, 0.3) is 11.3 Å². The topological polar surface area (TPSA) is 117 Å². The summed E-state index contributed by atoms with van der Waals surface area (Å²) < 4.78 is 0. The minimum Gasteiger partial charge on any atom is -0.325 e. The average molecular weight is 452 g/mol. The molecule has 2 amide bonds. The van der Waals surface area contributed by atoms with E-state index in [1.54, 1.807) is 6.07 Å². The summed E-state index contributed by atoms with van der Waals surface area (Å²) in [6.45, 7) is 9.14. The van der Waals surface area contributed by atoms with Gasteiger partial charge in [0.2, 0.25) is 11.8 Å². The number of rotatable bonds is 6. The van der Waals surface area contributed by atoms with Gasteiger partial charge in [-0.1, -0.05) is 29.5 Å². The fraction of sp³-hybridized carbons (Fsp3) is 0.261. The molecule has 3 rings (SSSR count). The third-order valence-electron chi connectivity index (χ3n) is 4.84. The van der Waals surface area contributed by atoms with Crippen LogP contribution in [0.1, 0.15) is 29.2 Å². The number of hydrogen-bond acceptors (Lipinski definition) is 6. The number of nitrogens with zero attached hydrogens (tertiary/aromatic N) is 2. The van der Waals surface area contributed by atoms with Gasteiger partial charge in [-0.3, -0.25) is 19.4 Å². The SMILES string of the molecule is CC(=O)Nc1c(C)cc(C)cc1-c1nnc(SCC(=O)Nc2ccc(C)c(C)c2)[nH]c1=O. The van der Waals surface area contributed by atoms with Crippen molar-refractivity contribution >= 4 is 35.0 Å². The number of benzene rings is 2. The fourth-order valence-corrected chi connectivity index (χ4v) is 3.81. The van der Waals surface area contributed by atoms with E-state index in [4.69, 9.17) is 0 Å². The predicted molar refractivity (Wildman–Crippen MR) is 127 cm³/mol. The Bertz CT molecular complexity index is 1250. The number of aryl methyl sites for hydroxylation is 4. The molecule has 0 spiro atoms. The molecule has 0 fully saturated rings. The standard InChI is InChI=1S/C23H25N5O3S/c1-12-8-15(4)20(24-16(5)29)18(9-12)21-22(31)26-23(28-27-21)32-11-19(30)25-17-7-6-13(2)14(3)10-17/h6-10H,11H2,1-5H3,(H,24,29)(H,25,30)(H,26,28,31). The molecule has 0 saturated carbocycles. The largest absolute Gasteiger partial charge is 0.325 e. The van der Waals surface area contributed by atoms with Crippen LogP contribution < -0.4 is 16.2 Å². The van der Waals surface area contributed by atoms with E-state index in [-0.39, 0.29) is 28.4 Å². The number of aromatic amines is 1. The molecule has 1 heterocycles. The summed E-state index contributed by atoms with van der Waals surface area (Å²) in [5, 5.41) is 14.0. The number of nitrogens with one attached hydrogen (secondary N) is 3. The highest BCUT2D eigenvalue weighted by Gasteiger charge is 2.16. The highest BCUT2D eigenvalue weighted by atomic mass is 32.2. The zero-order valence-corrected chi connectivity index (χ0v) is 19.4. The number of carbonyl (C=O) groups is 2. The smallest absolute Gasteiger partial charge is 0.278 e. The second kappa shape index (κ2) is 9.78. The molecule has 0 atom stereocenters. The maximum absolute atomic E-state index is 12.7. The van der Waals surface area contributed by atoms with Gasteiger partial charge in [-0.25, -0.2) is 0 Å².